The summed E-state index contributed by atoms with van der Waals surface area (Å²) >= 11 is 6.52. The largest absolute Gasteiger partial charge is 0.396 e. The first-order valence-corrected chi connectivity index (χ1v) is 7.81. The number of fused-ring (bicyclic) bond motifs is 1. The molecule has 3 nitrogen and oxygen atoms in total. The second-order valence-electron chi connectivity index (χ2n) is 5.66. The van der Waals surface area contributed by atoms with Crippen LogP contribution < -0.4 is 0 Å². The molecule has 0 radical (unpaired) electrons. The summed E-state index contributed by atoms with van der Waals surface area (Å²) in [7, 11) is 0. The summed E-state index contributed by atoms with van der Waals surface area (Å²) in [6.07, 6.45) is 0.766. The highest BCUT2D eigenvalue weighted by atomic mass is 35.5. The van der Waals surface area contributed by atoms with E-state index < -0.39 is 0 Å². The molecule has 1 aromatic heterocycles. The molecule has 1 aromatic carbocycles. The monoisotopic (exact) mass is 306 g/mol. The third-order valence-electron chi connectivity index (χ3n) is 3.83. The molecule has 1 N–H and O–H groups in total. The van der Waals surface area contributed by atoms with Crippen LogP contribution in [-0.2, 0) is 6.54 Å². The lowest BCUT2D eigenvalue weighted by atomic mass is 10.1. The molecule has 4 heteroatoms. The molecule has 1 heterocycles. The van der Waals surface area contributed by atoms with E-state index in [4.69, 9.17) is 21.7 Å². The predicted molar refractivity (Wildman–Crippen MR) is 88.7 cm³/mol. The molecule has 0 aliphatic heterocycles. The zero-order valence-corrected chi connectivity index (χ0v) is 13.7. The first kappa shape index (κ1) is 16.2. The van der Waals surface area contributed by atoms with Gasteiger partial charge in [-0.3, -0.25) is 4.90 Å². The van der Waals surface area contributed by atoms with Crippen LogP contribution in [0.15, 0.2) is 24.3 Å². The normalized spacial score (nSPS) is 11.8. The van der Waals surface area contributed by atoms with E-state index in [1.165, 1.54) is 0 Å². The number of aromatic nitrogens is 1. The Morgan fingerprint density at radius 2 is 2.00 bits per heavy atom. The van der Waals surface area contributed by atoms with Crippen LogP contribution in [0.5, 0.6) is 0 Å². The third kappa shape index (κ3) is 3.73. The summed E-state index contributed by atoms with van der Waals surface area (Å²) in [4.78, 5) is 7.02. The van der Waals surface area contributed by atoms with Gasteiger partial charge >= 0.3 is 0 Å². The van der Waals surface area contributed by atoms with Crippen LogP contribution in [0.4, 0.5) is 0 Å². The Kier molecular flexibility index (Phi) is 5.57. The van der Waals surface area contributed by atoms with Gasteiger partial charge in [0.25, 0.3) is 0 Å². The minimum absolute atomic E-state index is 0.209. The van der Waals surface area contributed by atoms with E-state index in [0.29, 0.717) is 12.6 Å². The molecule has 2 rings (SSSR count). The van der Waals surface area contributed by atoms with Crippen molar-refractivity contribution in [2.75, 3.05) is 13.2 Å². The third-order valence-corrected chi connectivity index (χ3v) is 4.33. The van der Waals surface area contributed by atoms with E-state index >= 15 is 0 Å². The fourth-order valence-corrected chi connectivity index (χ4v) is 2.71. The molecule has 0 amide bonds. The zero-order valence-electron chi connectivity index (χ0n) is 12.9. The van der Waals surface area contributed by atoms with Crippen LogP contribution in [0, 0.1) is 6.92 Å². The predicted octanol–water partition coefficient (Wildman–Crippen LogP) is 3.79. The van der Waals surface area contributed by atoms with Crippen molar-refractivity contribution < 1.29 is 5.11 Å². The number of nitrogens with zero attached hydrogens (tertiary/aromatic N) is 2. The molecule has 0 aliphatic rings. The number of halogens is 1. The highest BCUT2D eigenvalue weighted by Crippen LogP contribution is 2.28. The van der Waals surface area contributed by atoms with Crippen LogP contribution in [0.2, 0.25) is 5.02 Å². The van der Waals surface area contributed by atoms with E-state index in [1.54, 1.807) is 0 Å². The molecule has 114 valence electrons. The second-order valence-corrected chi connectivity index (χ2v) is 6.03. The van der Waals surface area contributed by atoms with Gasteiger partial charge in [0.15, 0.2) is 0 Å². The second kappa shape index (κ2) is 7.21. The van der Waals surface area contributed by atoms with E-state index in [9.17, 15) is 0 Å². The molecule has 0 aliphatic carbocycles. The highest BCUT2D eigenvalue weighted by molar-refractivity contribution is 6.32. The number of aliphatic hydroxyl groups is 1. The van der Waals surface area contributed by atoms with Crippen LogP contribution in [0.3, 0.4) is 0 Å². The van der Waals surface area contributed by atoms with E-state index in [0.717, 1.165) is 40.1 Å². The van der Waals surface area contributed by atoms with Crippen molar-refractivity contribution in [3.63, 3.8) is 0 Å². The first-order valence-electron chi connectivity index (χ1n) is 7.43. The smallest absolute Gasteiger partial charge is 0.0740 e. The number of benzene rings is 1. The number of pyridine rings is 1. The Hall–Kier alpha value is -1.16. The standard InChI is InChI=1S/C17H23ClN2O/c1-12(2)20(9-6-10-21)11-16-17(18)13(3)14-7-4-5-8-15(14)19-16/h4-5,7-8,12,21H,6,9-11H2,1-3H3. The molecular weight excluding hydrogens is 284 g/mol. The SMILES string of the molecule is Cc1c(Cl)c(CN(CCCO)C(C)C)nc2ccccc12. The van der Waals surface area contributed by atoms with E-state index in [1.807, 2.05) is 25.1 Å². The van der Waals surface area contributed by atoms with E-state index in [-0.39, 0.29) is 6.61 Å². The Morgan fingerprint density at radius 3 is 2.67 bits per heavy atom. The number of aryl methyl sites for hydroxylation is 1. The van der Waals surface area contributed by atoms with Crippen LogP contribution in [-0.4, -0.2) is 34.2 Å². The Bertz CT molecular complexity index is 613. The van der Waals surface area contributed by atoms with Crippen molar-refractivity contribution in [1.29, 1.82) is 0 Å². The van der Waals surface area contributed by atoms with Crippen molar-refractivity contribution >= 4 is 22.5 Å². The molecule has 0 unspecified atom stereocenters. The maximum absolute atomic E-state index is 9.03. The minimum Gasteiger partial charge on any atom is -0.396 e. The Balaban J connectivity index is 2.34. The van der Waals surface area contributed by atoms with Gasteiger partial charge in [-0.2, -0.15) is 0 Å². The molecule has 0 saturated heterocycles. The lowest BCUT2D eigenvalue weighted by molar-refractivity contribution is 0.183. The summed E-state index contributed by atoms with van der Waals surface area (Å²) in [5.74, 6) is 0. The fourth-order valence-electron chi connectivity index (χ4n) is 2.51. The zero-order chi connectivity index (χ0) is 15.4. The first-order chi connectivity index (χ1) is 10.0. The van der Waals surface area contributed by atoms with Gasteiger partial charge in [-0.15, -0.1) is 0 Å². The van der Waals surface area contributed by atoms with Gasteiger partial charge in [0.1, 0.15) is 0 Å². The number of para-hydroxylation sites is 1. The van der Waals surface area contributed by atoms with Crippen LogP contribution in [0.25, 0.3) is 10.9 Å². The quantitative estimate of drug-likeness (QED) is 0.882. The van der Waals surface area contributed by atoms with Gasteiger partial charge in [-0.1, -0.05) is 29.8 Å². The fraction of sp³-hybridized carbons (Fsp3) is 0.471. The van der Waals surface area contributed by atoms with Gasteiger partial charge in [0, 0.05) is 31.1 Å². The van der Waals surface area contributed by atoms with Gasteiger partial charge < -0.3 is 5.11 Å². The molecule has 0 bridgehead atoms. The van der Waals surface area contributed by atoms with Crippen LogP contribution >= 0.6 is 11.6 Å². The average molecular weight is 307 g/mol. The van der Waals surface area contributed by atoms with Crippen LogP contribution in [0.1, 0.15) is 31.5 Å². The molecule has 0 fully saturated rings. The molecule has 21 heavy (non-hydrogen) atoms. The van der Waals surface area contributed by atoms with Gasteiger partial charge in [0.05, 0.1) is 16.2 Å². The van der Waals surface area contributed by atoms with Crippen molar-refractivity contribution in [1.82, 2.24) is 9.88 Å². The summed E-state index contributed by atoms with van der Waals surface area (Å²) in [5, 5.41) is 10.9. The van der Waals surface area contributed by atoms with Crippen molar-refractivity contribution in [2.24, 2.45) is 0 Å². The van der Waals surface area contributed by atoms with Gasteiger partial charge in [-0.25, -0.2) is 4.98 Å². The molecule has 0 atom stereocenters. The maximum Gasteiger partial charge on any atom is 0.0740 e. The number of rotatable bonds is 6. The minimum atomic E-state index is 0.209. The highest BCUT2D eigenvalue weighted by Gasteiger charge is 2.15. The lowest BCUT2D eigenvalue weighted by Gasteiger charge is -2.26. The number of hydrogen-bond acceptors (Lipinski definition) is 3. The average Bonchev–Trinajstić information content (AvgIpc) is 2.48. The molecular formula is C17H23ClN2O. The maximum atomic E-state index is 9.03. The van der Waals surface area contributed by atoms with Crippen molar-refractivity contribution in [3.05, 3.63) is 40.5 Å². The lowest BCUT2D eigenvalue weighted by Crippen LogP contribution is -2.32. The molecule has 0 spiro atoms. The Labute approximate surface area is 131 Å². The van der Waals surface area contributed by atoms with Gasteiger partial charge in [0.2, 0.25) is 0 Å². The summed E-state index contributed by atoms with van der Waals surface area (Å²) in [6.45, 7) is 8.11. The van der Waals surface area contributed by atoms with Crippen molar-refractivity contribution in [2.45, 2.75) is 39.8 Å². The summed E-state index contributed by atoms with van der Waals surface area (Å²) in [5.41, 5.74) is 2.99. The molecule has 0 saturated carbocycles. The Morgan fingerprint density at radius 1 is 1.29 bits per heavy atom. The summed E-state index contributed by atoms with van der Waals surface area (Å²) < 4.78 is 0. The van der Waals surface area contributed by atoms with E-state index in [2.05, 4.69) is 24.8 Å². The number of aliphatic hydroxyl groups excluding tert-OH is 1. The molecule has 2 aromatic rings. The topological polar surface area (TPSA) is 36.4 Å². The number of hydrogen-bond donors (Lipinski definition) is 1. The van der Waals surface area contributed by atoms with Crippen molar-refractivity contribution in [3.8, 4) is 0 Å². The van der Waals surface area contributed by atoms with Gasteiger partial charge in [-0.05, 0) is 38.8 Å². The summed E-state index contributed by atoms with van der Waals surface area (Å²) in [6, 6.07) is 8.48.